The molecule has 0 unspecified atom stereocenters. The van der Waals surface area contributed by atoms with Gasteiger partial charge in [-0.2, -0.15) is 0 Å². The lowest BCUT2D eigenvalue weighted by Gasteiger charge is -2.18. The molecule has 0 saturated carbocycles. The number of anilines is 1. The zero-order chi connectivity index (χ0) is 15.4. The molecule has 116 valence electrons. The summed E-state index contributed by atoms with van der Waals surface area (Å²) in [6, 6.07) is 3.81. The van der Waals surface area contributed by atoms with Crippen molar-refractivity contribution in [3.8, 4) is 11.5 Å². The number of methoxy groups -OCH3 is 1. The van der Waals surface area contributed by atoms with E-state index < -0.39 is 0 Å². The summed E-state index contributed by atoms with van der Waals surface area (Å²) in [5, 5.41) is 2.92. The molecule has 0 spiro atoms. The van der Waals surface area contributed by atoms with E-state index in [4.69, 9.17) is 9.47 Å². The molecule has 1 aliphatic heterocycles. The van der Waals surface area contributed by atoms with Crippen LogP contribution in [0, 0.1) is 0 Å². The zero-order valence-corrected chi connectivity index (χ0v) is 13.2. The van der Waals surface area contributed by atoms with E-state index >= 15 is 0 Å². The average molecular weight is 292 g/mol. The predicted octanol–water partition coefficient (Wildman–Crippen LogP) is 2.30. The number of amides is 1. The van der Waals surface area contributed by atoms with Crippen molar-refractivity contribution in [2.75, 3.05) is 32.1 Å². The van der Waals surface area contributed by atoms with E-state index in [1.807, 2.05) is 32.9 Å². The highest BCUT2D eigenvalue weighted by Crippen LogP contribution is 2.37. The maximum Gasteiger partial charge on any atom is 0.238 e. The Morgan fingerprint density at radius 3 is 2.76 bits per heavy atom. The molecule has 0 bridgehead atoms. The van der Waals surface area contributed by atoms with Gasteiger partial charge in [0, 0.05) is 18.1 Å². The molecule has 21 heavy (non-hydrogen) atoms. The Kier molecular flexibility index (Phi) is 5.07. The van der Waals surface area contributed by atoms with Gasteiger partial charge in [-0.15, -0.1) is 0 Å². The number of carbonyl (C=O) groups excluding carboxylic acids is 1. The van der Waals surface area contributed by atoms with Crippen molar-refractivity contribution in [2.45, 2.75) is 33.3 Å². The molecule has 2 rings (SSSR count). The summed E-state index contributed by atoms with van der Waals surface area (Å²) < 4.78 is 11.1. The number of ether oxygens (including phenoxy) is 2. The first-order valence-corrected chi connectivity index (χ1v) is 7.47. The van der Waals surface area contributed by atoms with Gasteiger partial charge in [-0.25, -0.2) is 0 Å². The molecule has 1 aromatic carbocycles. The normalized spacial score (nSPS) is 16.5. The third-order valence-corrected chi connectivity index (χ3v) is 3.75. The highest BCUT2D eigenvalue weighted by atomic mass is 16.5. The minimum Gasteiger partial charge on any atom is -0.495 e. The van der Waals surface area contributed by atoms with E-state index in [9.17, 15) is 4.79 Å². The molecular formula is C16H24N2O3. The van der Waals surface area contributed by atoms with E-state index in [-0.39, 0.29) is 12.0 Å². The van der Waals surface area contributed by atoms with Gasteiger partial charge in [0.05, 0.1) is 19.3 Å². The highest BCUT2D eigenvalue weighted by Gasteiger charge is 2.22. The number of benzene rings is 1. The van der Waals surface area contributed by atoms with Crippen molar-refractivity contribution in [1.29, 1.82) is 0 Å². The molecule has 0 aromatic heterocycles. The Morgan fingerprint density at radius 2 is 2.14 bits per heavy atom. The first-order chi connectivity index (χ1) is 10.1. The summed E-state index contributed by atoms with van der Waals surface area (Å²) in [4.78, 5) is 14.2. The molecule has 1 N–H and O–H groups in total. The Balaban J connectivity index is 2.13. The first kappa shape index (κ1) is 15.6. The van der Waals surface area contributed by atoms with E-state index in [1.165, 1.54) is 0 Å². The van der Waals surface area contributed by atoms with Gasteiger partial charge in [0.15, 0.2) is 0 Å². The Morgan fingerprint density at radius 1 is 1.43 bits per heavy atom. The molecule has 1 atom stereocenters. The van der Waals surface area contributed by atoms with Crippen LogP contribution in [-0.4, -0.2) is 43.7 Å². The monoisotopic (exact) mass is 292 g/mol. The first-order valence-electron chi connectivity index (χ1n) is 7.47. The minimum atomic E-state index is -0.0389. The lowest BCUT2D eigenvalue weighted by molar-refractivity contribution is -0.117. The van der Waals surface area contributed by atoms with Crippen LogP contribution in [0.2, 0.25) is 0 Å². The molecule has 5 heteroatoms. The number of hydrogen-bond donors (Lipinski definition) is 1. The molecule has 0 fully saturated rings. The standard InChI is InChI=1S/C16H24N2O3/c1-5-18(6-2)10-16(19)17-13-9-14-12(7-11(3)21-14)8-15(13)20-4/h8-9,11H,5-7,10H2,1-4H3,(H,17,19)/t11-/m0/s1. The Hall–Kier alpha value is -1.75. The van der Waals surface area contributed by atoms with Crippen LogP contribution in [0.3, 0.4) is 0 Å². The maximum absolute atomic E-state index is 12.1. The van der Waals surface area contributed by atoms with Crippen molar-refractivity contribution in [2.24, 2.45) is 0 Å². The molecule has 1 aromatic rings. The van der Waals surface area contributed by atoms with Crippen molar-refractivity contribution < 1.29 is 14.3 Å². The zero-order valence-electron chi connectivity index (χ0n) is 13.2. The van der Waals surface area contributed by atoms with Gasteiger partial charge in [0.2, 0.25) is 5.91 Å². The predicted molar refractivity (Wildman–Crippen MR) is 83.2 cm³/mol. The quantitative estimate of drug-likeness (QED) is 0.874. The molecular weight excluding hydrogens is 268 g/mol. The topological polar surface area (TPSA) is 50.8 Å². The fourth-order valence-electron chi connectivity index (χ4n) is 2.55. The van der Waals surface area contributed by atoms with Gasteiger partial charge in [-0.05, 0) is 26.1 Å². The average Bonchev–Trinajstić information content (AvgIpc) is 2.82. The van der Waals surface area contributed by atoms with E-state index in [2.05, 4.69) is 10.2 Å². The number of carbonyl (C=O) groups is 1. The summed E-state index contributed by atoms with van der Waals surface area (Å²) in [7, 11) is 1.61. The summed E-state index contributed by atoms with van der Waals surface area (Å²) >= 11 is 0. The van der Waals surface area contributed by atoms with Gasteiger partial charge in [-0.3, -0.25) is 9.69 Å². The van der Waals surface area contributed by atoms with Crippen LogP contribution in [0.15, 0.2) is 12.1 Å². The van der Waals surface area contributed by atoms with Gasteiger partial charge in [0.1, 0.15) is 17.6 Å². The van der Waals surface area contributed by atoms with Crippen LogP contribution in [0.1, 0.15) is 26.3 Å². The largest absolute Gasteiger partial charge is 0.495 e. The molecule has 0 saturated heterocycles. The van der Waals surface area contributed by atoms with E-state index in [0.29, 0.717) is 18.0 Å². The van der Waals surface area contributed by atoms with E-state index in [0.717, 1.165) is 30.8 Å². The van der Waals surface area contributed by atoms with Crippen LogP contribution in [0.4, 0.5) is 5.69 Å². The third kappa shape index (κ3) is 3.67. The minimum absolute atomic E-state index is 0.0389. The van der Waals surface area contributed by atoms with Gasteiger partial charge in [-0.1, -0.05) is 13.8 Å². The van der Waals surface area contributed by atoms with Crippen LogP contribution in [0.5, 0.6) is 11.5 Å². The van der Waals surface area contributed by atoms with Crippen molar-refractivity contribution in [1.82, 2.24) is 4.90 Å². The van der Waals surface area contributed by atoms with Crippen molar-refractivity contribution in [3.63, 3.8) is 0 Å². The highest BCUT2D eigenvalue weighted by molar-refractivity contribution is 5.94. The van der Waals surface area contributed by atoms with Gasteiger partial charge >= 0.3 is 0 Å². The smallest absolute Gasteiger partial charge is 0.238 e. The number of nitrogens with one attached hydrogen (secondary N) is 1. The molecule has 1 heterocycles. The molecule has 1 aliphatic rings. The number of likely N-dealkylation sites (N-methyl/N-ethyl adjacent to an activating group) is 1. The summed E-state index contributed by atoms with van der Waals surface area (Å²) in [5.74, 6) is 1.48. The number of fused-ring (bicyclic) bond motifs is 1. The molecule has 5 nitrogen and oxygen atoms in total. The van der Waals surface area contributed by atoms with Crippen LogP contribution in [-0.2, 0) is 11.2 Å². The van der Waals surface area contributed by atoms with Gasteiger partial charge < -0.3 is 14.8 Å². The fraction of sp³-hybridized carbons (Fsp3) is 0.562. The van der Waals surface area contributed by atoms with E-state index in [1.54, 1.807) is 7.11 Å². The van der Waals surface area contributed by atoms with Crippen LogP contribution < -0.4 is 14.8 Å². The van der Waals surface area contributed by atoms with Crippen LogP contribution >= 0.6 is 0 Å². The number of nitrogens with zero attached hydrogens (tertiary/aromatic N) is 1. The second-order valence-electron chi connectivity index (χ2n) is 5.30. The Labute approximate surface area is 126 Å². The summed E-state index contributed by atoms with van der Waals surface area (Å²) in [6.45, 7) is 8.21. The second kappa shape index (κ2) is 6.80. The summed E-state index contributed by atoms with van der Waals surface area (Å²) in [6.07, 6.45) is 1.05. The SMILES string of the molecule is CCN(CC)CC(=O)Nc1cc2c(cc1OC)C[C@H](C)O2. The lowest BCUT2D eigenvalue weighted by Crippen LogP contribution is -2.33. The maximum atomic E-state index is 12.1. The second-order valence-corrected chi connectivity index (χ2v) is 5.30. The van der Waals surface area contributed by atoms with Crippen molar-refractivity contribution >= 4 is 11.6 Å². The van der Waals surface area contributed by atoms with Crippen molar-refractivity contribution in [3.05, 3.63) is 17.7 Å². The summed E-state index contributed by atoms with van der Waals surface area (Å²) in [5.41, 5.74) is 1.79. The third-order valence-electron chi connectivity index (χ3n) is 3.75. The number of rotatable bonds is 6. The van der Waals surface area contributed by atoms with Crippen LogP contribution in [0.25, 0.3) is 0 Å². The molecule has 1 amide bonds. The van der Waals surface area contributed by atoms with Gasteiger partial charge in [0.25, 0.3) is 0 Å². The molecule has 0 radical (unpaired) electrons. The Bertz CT molecular complexity index is 512. The molecule has 0 aliphatic carbocycles. The fourth-order valence-corrected chi connectivity index (χ4v) is 2.55. The number of hydrogen-bond acceptors (Lipinski definition) is 4. The lowest BCUT2D eigenvalue weighted by atomic mass is 10.1.